The number of hydrogen-bond acceptors (Lipinski definition) is 0. The third-order valence-corrected chi connectivity index (χ3v) is 4.07. The summed E-state index contributed by atoms with van der Waals surface area (Å²) in [6, 6.07) is 10.9. The first-order valence-corrected chi connectivity index (χ1v) is 9.32. The quantitative estimate of drug-likeness (QED) is 0.461. The average Bonchev–Trinajstić information content (AvgIpc) is 2.50. The summed E-state index contributed by atoms with van der Waals surface area (Å²) in [7, 11) is 0. The van der Waals surface area contributed by atoms with Crippen molar-refractivity contribution < 1.29 is 0 Å². The molecule has 0 fully saturated rings. The zero-order valence-corrected chi connectivity index (χ0v) is 19.2. The van der Waals surface area contributed by atoms with Crippen molar-refractivity contribution in [1.29, 1.82) is 0 Å². The highest BCUT2D eigenvalue weighted by Gasteiger charge is 2.30. The van der Waals surface area contributed by atoms with E-state index in [1.54, 1.807) is 0 Å². The Morgan fingerprint density at radius 1 is 0.870 bits per heavy atom. The van der Waals surface area contributed by atoms with Gasteiger partial charge in [-0.15, -0.1) is 0 Å². The van der Waals surface area contributed by atoms with Crippen LogP contribution in [0.15, 0.2) is 30.3 Å². The van der Waals surface area contributed by atoms with Gasteiger partial charge in [0.2, 0.25) is 0 Å². The molecule has 0 nitrogen and oxygen atoms in total. The summed E-state index contributed by atoms with van der Waals surface area (Å²) in [4.78, 5) is 0. The van der Waals surface area contributed by atoms with Crippen molar-refractivity contribution in [2.45, 2.75) is 93.9 Å². The van der Waals surface area contributed by atoms with Crippen molar-refractivity contribution in [3.63, 3.8) is 0 Å². The van der Waals surface area contributed by atoms with Crippen LogP contribution < -0.4 is 0 Å². The van der Waals surface area contributed by atoms with Crippen LogP contribution in [0.2, 0.25) is 0 Å². The highest BCUT2D eigenvalue weighted by Crippen LogP contribution is 2.40. The highest BCUT2D eigenvalue weighted by molar-refractivity contribution is 6.92. The van der Waals surface area contributed by atoms with Gasteiger partial charge in [0.25, 0.3) is 0 Å². The van der Waals surface area contributed by atoms with Gasteiger partial charge in [0.15, 0.2) is 0 Å². The van der Waals surface area contributed by atoms with Crippen LogP contribution in [-0.4, -0.2) is 0 Å². The Bertz CT molecular complexity index is 351. The molecule has 0 saturated heterocycles. The van der Waals surface area contributed by atoms with Gasteiger partial charge in [-0.1, -0.05) is 106 Å². The summed E-state index contributed by atoms with van der Waals surface area (Å²) in [6.07, 6.45) is 3.85. The molecule has 0 aliphatic rings. The van der Waals surface area contributed by atoms with E-state index in [0.29, 0.717) is 5.41 Å². The number of benzene rings is 1. The second kappa shape index (κ2) is 14.0. The van der Waals surface area contributed by atoms with Crippen molar-refractivity contribution in [3.05, 3.63) is 35.9 Å². The summed E-state index contributed by atoms with van der Waals surface area (Å²) in [5, 5.41) is 0. The first kappa shape index (κ1) is 27.5. The summed E-state index contributed by atoms with van der Waals surface area (Å²) in [6.45, 7) is 22.3. The molecule has 0 aromatic heterocycles. The van der Waals surface area contributed by atoms with E-state index in [-0.39, 0.29) is 15.3 Å². The maximum absolute atomic E-state index is 2.42. The molecule has 0 amide bonds. The fourth-order valence-electron chi connectivity index (χ4n) is 3.35. The lowest BCUT2D eigenvalue weighted by Gasteiger charge is -2.37. The van der Waals surface area contributed by atoms with Crippen LogP contribution in [0.25, 0.3) is 0 Å². The molecule has 1 heteroatoms. The Labute approximate surface area is 151 Å². The molecule has 1 aromatic rings. The SMILES string of the molecule is CC.CC.CCC(C)CC(C)(C)CC(C)(C)c1ccccc1.P. The predicted octanol–water partition coefficient (Wildman–Crippen LogP) is 7.93. The summed E-state index contributed by atoms with van der Waals surface area (Å²) in [5.74, 6) is 0.826. The average molecular weight is 341 g/mol. The second-order valence-electron chi connectivity index (χ2n) is 7.31. The third kappa shape index (κ3) is 11.8. The monoisotopic (exact) mass is 340 g/mol. The first-order valence-electron chi connectivity index (χ1n) is 9.32. The first-order chi connectivity index (χ1) is 10.3. The molecule has 1 aromatic carbocycles. The van der Waals surface area contributed by atoms with Gasteiger partial charge < -0.3 is 0 Å². The van der Waals surface area contributed by atoms with Crippen LogP contribution in [-0.2, 0) is 5.41 Å². The van der Waals surface area contributed by atoms with E-state index >= 15 is 0 Å². The fraction of sp³-hybridized carbons (Fsp3) is 0.727. The number of rotatable bonds is 6. The largest absolute Gasteiger partial charge is 0.153 e. The number of hydrogen-bond donors (Lipinski definition) is 0. The van der Waals surface area contributed by atoms with Gasteiger partial charge in [-0.05, 0) is 35.2 Å². The lowest BCUT2D eigenvalue weighted by atomic mass is 9.68. The molecule has 0 radical (unpaired) electrons. The molecule has 23 heavy (non-hydrogen) atoms. The van der Waals surface area contributed by atoms with Crippen LogP contribution in [0.1, 0.15) is 94.1 Å². The van der Waals surface area contributed by atoms with Crippen LogP contribution in [0.5, 0.6) is 0 Å². The topological polar surface area (TPSA) is 0 Å². The van der Waals surface area contributed by atoms with E-state index in [1.165, 1.54) is 24.8 Å². The lowest BCUT2D eigenvalue weighted by Crippen LogP contribution is -2.28. The predicted molar refractivity (Wildman–Crippen MR) is 116 cm³/mol. The normalized spacial score (nSPS) is 11.9. The molecule has 1 rings (SSSR count). The van der Waals surface area contributed by atoms with E-state index in [4.69, 9.17) is 0 Å². The molecule has 0 bridgehead atoms. The van der Waals surface area contributed by atoms with Crippen molar-refractivity contribution in [2.24, 2.45) is 11.3 Å². The Morgan fingerprint density at radius 3 is 1.70 bits per heavy atom. The highest BCUT2D eigenvalue weighted by atomic mass is 31.0. The van der Waals surface area contributed by atoms with E-state index in [1.807, 2.05) is 27.7 Å². The van der Waals surface area contributed by atoms with Gasteiger partial charge >= 0.3 is 0 Å². The maximum atomic E-state index is 2.42. The minimum absolute atomic E-state index is 0. The van der Waals surface area contributed by atoms with Gasteiger partial charge in [-0.25, -0.2) is 0 Å². The summed E-state index contributed by atoms with van der Waals surface area (Å²) in [5.41, 5.74) is 2.13. The zero-order valence-electron chi connectivity index (χ0n) is 17.8. The van der Waals surface area contributed by atoms with E-state index < -0.39 is 0 Å². The molecule has 2 unspecified atom stereocenters. The molecular weight excluding hydrogens is 295 g/mol. The van der Waals surface area contributed by atoms with E-state index in [9.17, 15) is 0 Å². The van der Waals surface area contributed by atoms with Crippen molar-refractivity contribution in [1.82, 2.24) is 0 Å². The van der Waals surface area contributed by atoms with Crippen molar-refractivity contribution in [3.8, 4) is 0 Å². The Morgan fingerprint density at radius 2 is 1.30 bits per heavy atom. The zero-order chi connectivity index (χ0) is 17.8. The van der Waals surface area contributed by atoms with Crippen LogP contribution in [0, 0.1) is 11.3 Å². The molecule has 0 spiro atoms. The van der Waals surface area contributed by atoms with Crippen molar-refractivity contribution >= 4 is 9.90 Å². The smallest absolute Gasteiger partial charge is 0.00985 e. The van der Waals surface area contributed by atoms with Gasteiger partial charge in [-0.2, -0.15) is 9.90 Å². The molecule has 0 aliphatic carbocycles. The van der Waals surface area contributed by atoms with Crippen LogP contribution >= 0.6 is 9.90 Å². The van der Waals surface area contributed by atoms with Crippen LogP contribution in [0.3, 0.4) is 0 Å². The van der Waals surface area contributed by atoms with Crippen LogP contribution in [0.4, 0.5) is 0 Å². The third-order valence-electron chi connectivity index (χ3n) is 4.07. The van der Waals surface area contributed by atoms with E-state index in [0.717, 1.165) is 5.92 Å². The van der Waals surface area contributed by atoms with E-state index in [2.05, 4.69) is 71.9 Å². The molecule has 2 atom stereocenters. The minimum Gasteiger partial charge on any atom is -0.153 e. The fourth-order valence-corrected chi connectivity index (χ4v) is 3.35. The molecule has 0 saturated carbocycles. The van der Waals surface area contributed by atoms with Gasteiger partial charge in [0.05, 0.1) is 0 Å². The summed E-state index contributed by atoms with van der Waals surface area (Å²) >= 11 is 0. The standard InChI is InChI=1S/C18H30.2C2H6.H3P/c1-7-15(2)13-17(3,4)14-18(5,6)16-11-9-8-10-12-16;2*1-2;/h8-12,15H,7,13-14H2,1-6H3;2*1-2H3;1H3. The van der Waals surface area contributed by atoms with Gasteiger partial charge in [-0.3, -0.25) is 0 Å². The Kier molecular flexibility index (Phi) is 16.8. The molecule has 138 valence electrons. The molecule has 0 heterocycles. The Hall–Kier alpha value is -0.350. The molecule has 0 aliphatic heterocycles. The maximum Gasteiger partial charge on any atom is -0.00985 e. The lowest BCUT2D eigenvalue weighted by molar-refractivity contribution is 0.204. The minimum atomic E-state index is 0. The van der Waals surface area contributed by atoms with Gasteiger partial charge in [0.1, 0.15) is 0 Å². The molecule has 0 N–H and O–H groups in total. The molecular formula is C22H45P. The van der Waals surface area contributed by atoms with Crippen molar-refractivity contribution in [2.75, 3.05) is 0 Å². The van der Waals surface area contributed by atoms with Gasteiger partial charge in [0, 0.05) is 0 Å². The second-order valence-corrected chi connectivity index (χ2v) is 7.31. The Balaban J connectivity index is -0.000000739. The summed E-state index contributed by atoms with van der Waals surface area (Å²) < 4.78 is 0.